The maximum absolute atomic E-state index is 13.9. The molecular weight excluding hydrogens is 335 g/mol. The quantitative estimate of drug-likeness (QED) is 0.608. The Labute approximate surface area is 153 Å². The van der Waals surface area contributed by atoms with E-state index in [9.17, 15) is 4.39 Å². The number of nitrogens with zero attached hydrogens (tertiary/aromatic N) is 2. The van der Waals surface area contributed by atoms with Crippen molar-refractivity contribution in [1.29, 1.82) is 0 Å². The smallest absolute Gasteiger partial charge is 0.191 e. The molecular formula is C19H27FN4O2. The zero-order valence-corrected chi connectivity index (χ0v) is 16.2. The Kier molecular flexibility index (Phi) is 6.60. The SMILES string of the molecule is CN=C(NCC(C)c1c(C)noc1C)NC(C)c1ccc(OC)c(F)c1. The van der Waals surface area contributed by atoms with Gasteiger partial charge in [0, 0.05) is 25.1 Å². The molecule has 0 fully saturated rings. The van der Waals surface area contributed by atoms with E-state index >= 15 is 0 Å². The van der Waals surface area contributed by atoms with Crippen LogP contribution in [0.3, 0.4) is 0 Å². The van der Waals surface area contributed by atoms with E-state index in [0.29, 0.717) is 12.5 Å². The summed E-state index contributed by atoms with van der Waals surface area (Å²) >= 11 is 0. The molecule has 0 amide bonds. The number of hydrogen-bond donors (Lipinski definition) is 2. The number of hydrogen-bond acceptors (Lipinski definition) is 4. The second-order valence-electron chi connectivity index (χ2n) is 6.35. The molecule has 1 aromatic heterocycles. The van der Waals surface area contributed by atoms with E-state index in [1.54, 1.807) is 13.1 Å². The van der Waals surface area contributed by atoms with Gasteiger partial charge in [0.1, 0.15) is 5.76 Å². The molecule has 142 valence electrons. The van der Waals surface area contributed by atoms with Gasteiger partial charge in [0.05, 0.1) is 18.8 Å². The first kappa shape index (κ1) is 19.8. The average Bonchev–Trinajstić information content (AvgIpc) is 2.96. The first-order valence-corrected chi connectivity index (χ1v) is 8.60. The molecule has 26 heavy (non-hydrogen) atoms. The van der Waals surface area contributed by atoms with E-state index in [1.165, 1.54) is 13.2 Å². The fraction of sp³-hybridized carbons (Fsp3) is 0.474. The number of aryl methyl sites for hydroxylation is 2. The third kappa shape index (κ3) is 4.53. The third-order valence-electron chi connectivity index (χ3n) is 4.41. The molecule has 0 bridgehead atoms. The summed E-state index contributed by atoms with van der Waals surface area (Å²) < 4.78 is 24.1. The number of aromatic nitrogens is 1. The Hall–Kier alpha value is -2.57. The standard InChI is InChI=1S/C19H27FN4O2/c1-11(18-13(3)24-26-14(18)4)10-22-19(21-5)23-12(2)15-7-8-17(25-6)16(20)9-15/h7-9,11-12H,10H2,1-6H3,(H2,21,22,23). The number of aliphatic imine (C=N–C) groups is 1. The Balaban J connectivity index is 1.98. The Morgan fingerprint density at radius 1 is 1.35 bits per heavy atom. The molecule has 0 radical (unpaired) electrons. The molecule has 1 heterocycles. The second-order valence-corrected chi connectivity index (χ2v) is 6.35. The van der Waals surface area contributed by atoms with E-state index < -0.39 is 0 Å². The zero-order chi connectivity index (χ0) is 19.3. The second kappa shape index (κ2) is 8.69. The minimum atomic E-state index is -0.381. The van der Waals surface area contributed by atoms with Gasteiger partial charge in [-0.15, -0.1) is 0 Å². The minimum absolute atomic E-state index is 0.115. The number of methoxy groups -OCH3 is 1. The number of nitrogens with one attached hydrogen (secondary N) is 2. The highest BCUT2D eigenvalue weighted by Crippen LogP contribution is 2.23. The molecule has 0 saturated heterocycles. The summed E-state index contributed by atoms with van der Waals surface area (Å²) in [4.78, 5) is 4.24. The average molecular weight is 362 g/mol. The Morgan fingerprint density at radius 3 is 2.62 bits per heavy atom. The number of benzene rings is 1. The lowest BCUT2D eigenvalue weighted by molar-refractivity contribution is 0.386. The molecule has 7 heteroatoms. The van der Waals surface area contributed by atoms with Gasteiger partial charge in [-0.3, -0.25) is 4.99 Å². The van der Waals surface area contributed by atoms with Crippen molar-refractivity contribution in [3.8, 4) is 5.75 Å². The van der Waals surface area contributed by atoms with Crippen molar-refractivity contribution in [2.24, 2.45) is 4.99 Å². The highest BCUT2D eigenvalue weighted by molar-refractivity contribution is 5.80. The molecule has 1 aromatic carbocycles. The number of ether oxygens (including phenoxy) is 1. The van der Waals surface area contributed by atoms with Gasteiger partial charge in [-0.25, -0.2) is 4.39 Å². The summed E-state index contributed by atoms with van der Waals surface area (Å²) in [5.74, 6) is 1.55. The fourth-order valence-corrected chi connectivity index (χ4v) is 2.98. The molecule has 0 saturated carbocycles. The van der Waals surface area contributed by atoms with E-state index in [4.69, 9.17) is 9.26 Å². The van der Waals surface area contributed by atoms with Crippen LogP contribution in [0.4, 0.5) is 4.39 Å². The van der Waals surface area contributed by atoms with Gasteiger partial charge in [-0.2, -0.15) is 0 Å². The van der Waals surface area contributed by atoms with Crippen LogP contribution in [0.5, 0.6) is 5.75 Å². The normalized spacial score (nSPS) is 14.0. The summed E-state index contributed by atoms with van der Waals surface area (Å²) in [6, 6.07) is 4.81. The Morgan fingerprint density at radius 2 is 2.08 bits per heavy atom. The first-order valence-electron chi connectivity index (χ1n) is 8.60. The van der Waals surface area contributed by atoms with E-state index in [1.807, 2.05) is 26.8 Å². The molecule has 2 N–H and O–H groups in total. The number of guanidine groups is 1. The number of halogens is 1. The molecule has 0 spiro atoms. The largest absolute Gasteiger partial charge is 0.494 e. The minimum Gasteiger partial charge on any atom is -0.494 e. The highest BCUT2D eigenvalue weighted by Gasteiger charge is 2.17. The van der Waals surface area contributed by atoms with Crippen molar-refractivity contribution in [1.82, 2.24) is 15.8 Å². The monoisotopic (exact) mass is 362 g/mol. The van der Waals surface area contributed by atoms with Crippen molar-refractivity contribution < 1.29 is 13.7 Å². The molecule has 2 unspecified atom stereocenters. The summed E-state index contributed by atoms with van der Waals surface area (Å²) in [5.41, 5.74) is 2.82. The first-order chi connectivity index (χ1) is 12.4. The maximum Gasteiger partial charge on any atom is 0.191 e. The van der Waals surface area contributed by atoms with Gasteiger partial charge >= 0.3 is 0 Å². The summed E-state index contributed by atoms with van der Waals surface area (Å²) in [5, 5.41) is 10.6. The summed E-state index contributed by atoms with van der Waals surface area (Å²) in [7, 11) is 3.16. The van der Waals surface area contributed by atoms with Crippen LogP contribution in [-0.4, -0.2) is 31.8 Å². The highest BCUT2D eigenvalue weighted by atomic mass is 19.1. The molecule has 0 aliphatic rings. The molecule has 6 nitrogen and oxygen atoms in total. The maximum atomic E-state index is 13.9. The molecule has 0 aliphatic heterocycles. The van der Waals surface area contributed by atoms with Crippen LogP contribution in [0.25, 0.3) is 0 Å². The van der Waals surface area contributed by atoms with Crippen molar-refractivity contribution >= 4 is 5.96 Å². The van der Waals surface area contributed by atoms with Crippen LogP contribution in [-0.2, 0) is 0 Å². The predicted molar refractivity (Wildman–Crippen MR) is 100 cm³/mol. The van der Waals surface area contributed by atoms with Crippen LogP contribution >= 0.6 is 0 Å². The van der Waals surface area contributed by atoms with E-state index in [0.717, 1.165) is 22.6 Å². The Bertz CT molecular complexity index is 753. The third-order valence-corrected chi connectivity index (χ3v) is 4.41. The van der Waals surface area contributed by atoms with Crippen LogP contribution in [0.15, 0.2) is 27.7 Å². The van der Waals surface area contributed by atoms with E-state index in [-0.39, 0.29) is 23.5 Å². The van der Waals surface area contributed by atoms with Crippen LogP contribution in [0, 0.1) is 19.7 Å². The summed E-state index contributed by atoms with van der Waals surface area (Å²) in [6.45, 7) is 8.59. The van der Waals surface area contributed by atoms with Gasteiger partial charge in [0.25, 0.3) is 0 Å². The van der Waals surface area contributed by atoms with Gasteiger partial charge in [0.15, 0.2) is 17.5 Å². The lowest BCUT2D eigenvalue weighted by Gasteiger charge is -2.20. The van der Waals surface area contributed by atoms with Crippen molar-refractivity contribution in [3.63, 3.8) is 0 Å². The fourth-order valence-electron chi connectivity index (χ4n) is 2.98. The predicted octanol–water partition coefficient (Wildman–Crippen LogP) is 3.47. The van der Waals surface area contributed by atoms with Gasteiger partial charge in [-0.05, 0) is 38.5 Å². The molecule has 0 aliphatic carbocycles. The lowest BCUT2D eigenvalue weighted by atomic mass is 10.00. The van der Waals surface area contributed by atoms with Gasteiger partial charge < -0.3 is 19.9 Å². The van der Waals surface area contributed by atoms with Gasteiger partial charge in [-0.1, -0.05) is 18.1 Å². The zero-order valence-electron chi connectivity index (χ0n) is 16.2. The van der Waals surface area contributed by atoms with Gasteiger partial charge in [0.2, 0.25) is 0 Å². The van der Waals surface area contributed by atoms with Crippen LogP contribution in [0.2, 0.25) is 0 Å². The van der Waals surface area contributed by atoms with Crippen molar-refractivity contribution in [3.05, 3.63) is 46.6 Å². The molecule has 2 aromatic rings. The lowest BCUT2D eigenvalue weighted by Crippen LogP contribution is -2.40. The van der Waals surface area contributed by atoms with Crippen molar-refractivity contribution in [2.75, 3.05) is 20.7 Å². The molecule has 2 rings (SSSR count). The van der Waals surface area contributed by atoms with Crippen LogP contribution < -0.4 is 15.4 Å². The topological polar surface area (TPSA) is 71.7 Å². The van der Waals surface area contributed by atoms with Crippen LogP contribution in [0.1, 0.15) is 48.4 Å². The number of rotatable bonds is 6. The molecule has 2 atom stereocenters. The van der Waals surface area contributed by atoms with E-state index in [2.05, 4.69) is 27.7 Å². The van der Waals surface area contributed by atoms with Crippen molar-refractivity contribution in [2.45, 2.75) is 39.7 Å². The summed E-state index contributed by atoms with van der Waals surface area (Å²) in [6.07, 6.45) is 0.